The molecule has 4 rings (SSSR count). The topological polar surface area (TPSA) is 141 Å². The zero-order chi connectivity index (χ0) is 26.7. The van der Waals surface area contributed by atoms with Crippen molar-refractivity contribution in [1.29, 1.82) is 21.2 Å². The molecule has 2 bridgehead atoms. The van der Waals surface area contributed by atoms with E-state index in [9.17, 15) is 15.8 Å². The number of methoxy groups -OCH3 is 3. The van der Waals surface area contributed by atoms with Crippen LogP contribution in [0, 0.1) is 56.2 Å². The largest absolute Gasteiger partial charge is 0.493 e. The monoisotopic (exact) mass is 506 g/mol. The average Bonchev–Trinajstić information content (AvgIpc) is 3.10. The summed E-state index contributed by atoms with van der Waals surface area (Å²) in [6.45, 7) is 0. The van der Waals surface area contributed by atoms with Crippen LogP contribution < -0.4 is 14.2 Å². The average molecular weight is 507 g/mol. The van der Waals surface area contributed by atoms with Gasteiger partial charge in [-0.05, 0) is 30.5 Å². The normalized spacial score (nSPS) is 31.1. The first-order chi connectivity index (χ1) is 17.9. The maximum absolute atomic E-state index is 10.7. The highest BCUT2D eigenvalue weighted by Crippen LogP contribution is 2.69. The van der Waals surface area contributed by atoms with Gasteiger partial charge in [-0.15, -0.1) is 0 Å². The van der Waals surface area contributed by atoms with Crippen LogP contribution in [0.4, 0.5) is 0 Å². The third-order valence-electron chi connectivity index (χ3n) is 8.31. The van der Waals surface area contributed by atoms with Crippen molar-refractivity contribution in [3.8, 4) is 35.5 Å². The van der Waals surface area contributed by atoms with Gasteiger partial charge in [-0.1, -0.05) is 44.9 Å². The molecule has 2 heterocycles. The highest BCUT2D eigenvalue weighted by atomic mass is 16.7. The van der Waals surface area contributed by atoms with Gasteiger partial charge < -0.3 is 23.7 Å². The molecule has 1 aromatic rings. The van der Waals surface area contributed by atoms with Crippen molar-refractivity contribution in [2.75, 3.05) is 21.3 Å². The summed E-state index contributed by atoms with van der Waals surface area (Å²) < 4.78 is 29.4. The van der Waals surface area contributed by atoms with E-state index in [4.69, 9.17) is 29.1 Å². The maximum Gasteiger partial charge on any atom is 0.217 e. The lowest BCUT2D eigenvalue weighted by Crippen LogP contribution is -2.59. The Labute approximate surface area is 218 Å². The molecule has 2 saturated heterocycles. The second kappa shape index (κ2) is 10.5. The Morgan fingerprint density at radius 3 is 1.92 bits per heavy atom. The van der Waals surface area contributed by atoms with Gasteiger partial charge in [-0.25, -0.2) is 0 Å². The highest BCUT2D eigenvalue weighted by molar-refractivity contribution is 5.89. The fourth-order valence-corrected chi connectivity index (χ4v) is 6.47. The van der Waals surface area contributed by atoms with E-state index in [1.165, 1.54) is 34.2 Å². The number of rotatable bonds is 4. The number of ether oxygens (including phenoxy) is 5. The van der Waals surface area contributed by atoms with E-state index in [-0.39, 0.29) is 5.90 Å². The number of benzene rings is 1. The Kier molecular flexibility index (Phi) is 7.53. The van der Waals surface area contributed by atoms with Crippen LogP contribution in [-0.2, 0) is 9.47 Å². The molecule has 4 unspecified atom stereocenters. The minimum atomic E-state index is -2.04. The molecule has 4 atom stereocenters. The summed E-state index contributed by atoms with van der Waals surface area (Å²) in [6.07, 6.45) is 7.89. The fourth-order valence-electron chi connectivity index (χ4n) is 6.47. The molecule has 9 nitrogen and oxygen atoms in total. The lowest BCUT2D eigenvalue weighted by molar-refractivity contribution is -0.287. The lowest BCUT2D eigenvalue weighted by atomic mass is 9.52. The molecular formula is C28H34N4O5. The van der Waals surface area contributed by atoms with Crippen LogP contribution >= 0.6 is 0 Å². The van der Waals surface area contributed by atoms with Crippen LogP contribution in [0.5, 0.6) is 17.2 Å². The van der Waals surface area contributed by atoms with Crippen LogP contribution in [0.25, 0.3) is 0 Å². The second-order valence-electron chi connectivity index (χ2n) is 10.1. The molecule has 0 amide bonds. The van der Waals surface area contributed by atoms with Gasteiger partial charge >= 0.3 is 0 Å². The summed E-state index contributed by atoms with van der Waals surface area (Å²) in [5.41, 5.74) is -3.41. The first-order valence-corrected chi connectivity index (χ1v) is 12.9. The van der Waals surface area contributed by atoms with Gasteiger partial charge in [0.25, 0.3) is 0 Å². The van der Waals surface area contributed by atoms with E-state index in [2.05, 4.69) is 18.2 Å². The quantitative estimate of drug-likeness (QED) is 0.559. The third-order valence-corrected chi connectivity index (χ3v) is 8.31. The molecular weight excluding hydrogens is 472 g/mol. The SMILES string of the molecule is COc1cc(C2OC34CCCCCCCCCCC3C(C#N)(C(=N)O4)C2(C#N)C#N)cc(OC)c1OC. The Balaban J connectivity index is 1.94. The highest BCUT2D eigenvalue weighted by Gasteiger charge is 2.80. The van der Waals surface area contributed by atoms with E-state index in [0.717, 1.165) is 38.5 Å². The van der Waals surface area contributed by atoms with Gasteiger partial charge in [0, 0.05) is 6.42 Å². The van der Waals surface area contributed by atoms with Crippen molar-refractivity contribution >= 4 is 5.90 Å². The number of nitrogens with zero attached hydrogens (tertiary/aromatic N) is 3. The third kappa shape index (κ3) is 3.87. The van der Waals surface area contributed by atoms with Crippen molar-refractivity contribution in [2.24, 2.45) is 16.7 Å². The molecule has 1 N–H and O–H groups in total. The number of nitriles is 3. The van der Waals surface area contributed by atoms with Gasteiger partial charge in [0.05, 0.1) is 45.5 Å². The minimum Gasteiger partial charge on any atom is -0.493 e. The maximum atomic E-state index is 10.7. The van der Waals surface area contributed by atoms with Crippen molar-refractivity contribution in [3.05, 3.63) is 17.7 Å². The van der Waals surface area contributed by atoms with Crippen molar-refractivity contribution in [3.63, 3.8) is 0 Å². The minimum absolute atomic E-state index is 0.331. The van der Waals surface area contributed by atoms with E-state index < -0.39 is 28.6 Å². The Morgan fingerprint density at radius 1 is 0.838 bits per heavy atom. The van der Waals surface area contributed by atoms with Crippen LogP contribution in [0.15, 0.2) is 12.1 Å². The smallest absolute Gasteiger partial charge is 0.217 e. The summed E-state index contributed by atoms with van der Waals surface area (Å²) in [5, 5.41) is 40.8. The zero-order valence-electron chi connectivity index (χ0n) is 21.8. The Morgan fingerprint density at radius 2 is 1.41 bits per heavy atom. The second-order valence-corrected chi connectivity index (χ2v) is 10.1. The molecule has 1 saturated carbocycles. The molecule has 1 aromatic carbocycles. The lowest BCUT2D eigenvalue weighted by Gasteiger charge is -2.50. The van der Waals surface area contributed by atoms with Crippen LogP contribution in [-0.4, -0.2) is 33.0 Å². The van der Waals surface area contributed by atoms with Crippen LogP contribution in [0.1, 0.15) is 75.9 Å². The number of hydrogen-bond acceptors (Lipinski definition) is 9. The fraction of sp³-hybridized carbons (Fsp3) is 0.643. The van der Waals surface area contributed by atoms with Crippen LogP contribution in [0.3, 0.4) is 0 Å². The van der Waals surface area contributed by atoms with Crippen molar-refractivity contribution in [2.45, 2.75) is 76.1 Å². The van der Waals surface area contributed by atoms with E-state index in [1.807, 2.05) is 0 Å². The molecule has 37 heavy (non-hydrogen) atoms. The summed E-state index contributed by atoms with van der Waals surface area (Å²) >= 11 is 0. The van der Waals surface area contributed by atoms with Crippen LogP contribution in [0.2, 0.25) is 0 Å². The van der Waals surface area contributed by atoms with Gasteiger partial charge in [0.2, 0.25) is 22.8 Å². The standard InChI is InChI=1S/C28H34N4O5/c1-33-20-14-19(15-21(34-2)23(20)35-3)24-26(16-29,17-30)27(18-31)22-12-10-8-6-4-5-7-9-11-13-28(22,36-24)37-25(27)32/h14-15,22,24,32H,4-13H2,1-3H3. The Hall–Kier alpha value is -3.48. The first-order valence-electron chi connectivity index (χ1n) is 12.9. The molecule has 0 radical (unpaired) electrons. The molecule has 0 spiro atoms. The molecule has 1 aliphatic carbocycles. The van der Waals surface area contributed by atoms with E-state index in [1.54, 1.807) is 12.1 Å². The zero-order valence-corrected chi connectivity index (χ0v) is 21.8. The van der Waals surface area contributed by atoms with Gasteiger partial charge in [0.15, 0.2) is 16.9 Å². The predicted molar refractivity (Wildman–Crippen MR) is 133 cm³/mol. The molecule has 0 aromatic heterocycles. The van der Waals surface area contributed by atoms with Gasteiger partial charge in [0.1, 0.15) is 6.10 Å². The van der Waals surface area contributed by atoms with E-state index >= 15 is 0 Å². The molecule has 9 heteroatoms. The Bertz CT molecular complexity index is 1130. The number of nitrogens with one attached hydrogen (secondary N) is 1. The molecule has 3 aliphatic rings. The predicted octanol–water partition coefficient (Wildman–Crippen LogP) is 5.56. The van der Waals surface area contributed by atoms with Gasteiger partial charge in [-0.3, -0.25) is 5.41 Å². The van der Waals surface area contributed by atoms with Gasteiger partial charge in [-0.2, -0.15) is 15.8 Å². The van der Waals surface area contributed by atoms with Crippen molar-refractivity contribution < 1.29 is 23.7 Å². The summed E-state index contributed by atoms with van der Waals surface area (Å²) in [7, 11) is 4.44. The molecule has 196 valence electrons. The molecule has 3 fully saturated rings. The summed E-state index contributed by atoms with van der Waals surface area (Å²) in [5.74, 6) is -1.24. The number of hydrogen-bond donors (Lipinski definition) is 1. The summed E-state index contributed by atoms with van der Waals surface area (Å²) in [6, 6.07) is 9.83. The summed E-state index contributed by atoms with van der Waals surface area (Å²) in [4.78, 5) is 0. The van der Waals surface area contributed by atoms with E-state index in [0.29, 0.717) is 35.7 Å². The first kappa shape index (κ1) is 26.6. The van der Waals surface area contributed by atoms with Crippen molar-refractivity contribution in [1.82, 2.24) is 0 Å². The molecule has 2 aliphatic heterocycles.